The third-order valence-corrected chi connectivity index (χ3v) is 3.58. The topological polar surface area (TPSA) is 72.9 Å². The van der Waals surface area contributed by atoms with Crippen LogP contribution in [0.4, 0.5) is 15.8 Å². The number of carbonyl (C=O) groups excluding carboxylic acids is 1. The fraction of sp³-hybridized carbons (Fsp3) is 0.231. The summed E-state index contributed by atoms with van der Waals surface area (Å²) >= 11 is 3.25. The normalized spacial score (nSPS) is 10.6. The molecule has 0 radical (unpaired) electrons. The Morgan fingerprint density at radius 2 is 2.25 bits per heavy atom. The number of hydrogen-bond donors (Lipinski definition) is 2. The van der Waals surface area contributed by atoms with E-state index in [2.05, 4.69) is 26.3 Å². The molecule has 3 N–H and O–H groups in total. The molecule has 7 heteroatoms. The van der Waals surface area contributed by atoms with E-state index in [9.17, 15) is 9.18 Å². The van der Waals surface area contributed by atoms with Crippen molar-refractivity contribution in [2.45, 2.75) is 13.3 Å². The number of rotatable bonds is 3. The van der Waals surface area contributed by atoms with Crippen molar-refractivity contribution in [3.05, 3.63) is 39.9 Å². The highest BCUT2D eigenvalue weighted by Crippen LogP contribution is 2.25. The minimum Gasteiger partial charge on any atom is -0.395 e. The fourth-order valence-electron chi connectivity index (χ4n) is 1.90. The van der Waals surface area contributed by atoms with Gasteiger partial charge in [0, 0.05) is 11.5 Å². The van der Waals surface area contributed by atoms with Gasteiger partial charge in [-0.15, -0.1) is 0 Å². The number of nitrogens with one attached hydrogen (secondary N) is 1. The van der Waals surface area contributed by atoms with Gasteiger partial charge in [0.1, 0.15) is 11.5 Å². The van der Waals surface area contributed by atoms with Gasteiger partial charge in [0.15, 0.2) is 0 Å². The summed E-state index contributed by atoms with van der Waals surface area (Å²) in [7, 11) is 1.64. The zero-order chi connectivity index (χ0) is 14.9. The van der Waals surface area contributed by atoms with Crippen molar-refractivity contribution in [2.75, 3.05) is 11.1 Å². The molecule has 0 aliphatic heterocycles. The van der Waals surface area contributed by atoms with Gasteiger partial charge in [-0.2, -0.15) is 5.10 Å². The average Bonchev–Trinajstić information content (AvgIpc) is 2.68. The summed E-state index contributed by atoms with van der Waals surface area (Å²) in [6.45, 7) is 1.91. The fourth-order valence-corrected chi connectivity index (χ4v) is 2.25. The molecule has 1 heterocycles. The first-order chi connectivity index (χ1) is 9.43. The minimum absolute atomic E-state index is 0.262. The van der Waals surface area contributed by atoms with Gasteiger partial charge in [-0.05, 0) is 40.5 Å². The van der Waals surface area contributed by atoms with Crippen molar-refractivity contribution in [1.82, 2.24) is 9.78 Å². The Kier molecular flexibility index (Phi) is 4.08. The largest absolute Gasteiger partial charge is 0.395 e. The molecule has 0 unspecified atom stereocenters. The summed E-state index contributed by atoms with van der Waals surface area (Å²) in [5.41, 5.74) is 7.52. The summed E-state index contributed by atoms with van der Waals surface area (Å²) in [5, 5.41) is 6.80. The Hall–Kier alpha value is -1.89. The summed E-state index contributed by atoms with van der Waals surface area (Å²) in [4.78, 5) is 12.3. The van der Waals surface area contributed by atoms with E-state index in [4.69, 9.17) is 5.73 Å². The predicted octanol–water partition coefficient (Wildman–Crippen LogP) is 2.72. The molecule has 0 saturated carbocycles. The van der Waals surface area contributed by atoms with Crippen LogP contribution in [0.1, 0.15) is 23.1 Å². The second-order valence-electron chi connectivity index (χ2n) is 4.26. The highest BCUT2D eigenvalue weighted by atomic mass is 79.9. The average molecular weight is 341 g/mol. The van der Waals surface area contributed by atoms with Gasteiger partial charge in [-0.25, -0.2) is 4.39 Å². The number of benzene rings is 1. The monoisotopic (exact) mass is 340 g/mol. The first-order valence-electron chi connectivity index (χ1n) is 6.01. The molecule has 5 nitrogen and oxygen atoms in total. The summed E-state index contributed by atoms with van der Waals surface area (Å²) < 4.78 is 15.2. The highest BCUT2D eigenvalue weighted by molar-refractivity contribution is 9.10. The quantitative estimate of drug-likeness (QED) is 0.902. The predicted molar refractivity (Wildman–Crippen MR) is 79.1 cm³/mol. The molecule has 20 heavy (non-hydrogen) atoms. The van der Waals surface area contributed by atoms with Crippen LogP contribution in [0.15, 0.2) is 22.7 Å². The van der Waals surface area contributed by atoms with Crippen molar-refractivity contribution in [3.63, 3.8) is 0 Å². The van der Waals surface area contributed by atoms with E-state index >= 15 is 0 Å². The standard InChI is InChI=1S/C13H14BrFN4O/c1-3-9-11(16)12(19(2)18-9)13(20)17-10-6-7(15)4-5-8(10)14/h4-6H,3,16H2,1-2H3,(H,17,20). The van der Waals surface area contributed by atoms with Crippen LogP contribution in [-0.2, 0) is 13.5 Å². The van der Waals surface area contributed by atoms with Crippen LogP contribution in [0.3, 0.4) is 0 Å². The highest BCUT2D eigenvalue weighted by Gasteiger charge is 2.19. The number of carbonyl (C=O) groups is 1. The van der Waals surface area contributed by atoms with E-state index < -0.39 is 11.7 Å². The molecule has 0 fully saturated rings. The van der Waals surface area contributed by atoms with Crippen LogP contribution in [0.2, 0.25) is 0 Å². The van der Waals surface area contributed by atoms with Crippen LogP contribution < -0.4 is 11.1 Å². The lowest BCUT2D eigenvalue weighted by Crippen LogP contribution is -2.18. The lowest BCUT2D eigenvalue weighted by molar-refractivity contribution is 0.101. The lowest BCUT2D eigenvalue weighted by atomic mass is 10.2. The molecule has 1 aromatic carbocycles. The number of amides is 1. The number of aromatic nitrogens is 2. The first-order valence-corrected chi connectivity index (χ1v) is 6.81. The number of anilines is 2. The lowest BCUT2D eigenvalue weighted by Gasteiger charge is -2.08. The maximum atomic E-state index is 13.2. The van der Waals surface area contributed by atoms with Gasteiger partial charge in [0.25, 0.3) is 5.91 Å². The third kappa shape index (κ3) is 2.67. The van der Waals surface area contributed by atoms with E-state index in [-0.39, 0.29) is 5.69 Å². The smallest absolute Gasteiger partial charge is 0.276 e. The van der Waals surface area contributed by atoms with Crippen LogP contribution in [-0.4, -0.2) is 15.7 Å². The van der Waals surface area contributed by atoms with Crippen LogP contribution in [0, 0.1) is 5.82 Å². The van der Waals surface area contributed by atoms with E-state index in [1.165, 1.54) is 22.9 Å². The molecule has 0 aliphatic carbocycles. The first kappa shape index (κ1) is 14.5. The number of nitrogen functional groups attached to an aromatic ring is 1. The summed E-state index contributed by atoms with van der Waals surface area (Å²) in [6.07, 6.45) is 0.636. The number of nitrogens with two attached hydrogens (primary N) is 1. The molecule has 1 aromatic heterocycles. The molecule has 0 spiro atoms. The molecule has 0 aliphatic rings. The van der Waals surface area contributed by atoms with E-state index in [0.29, 0.717) is 28.0 Å². The number of halogens is 2. The molecule has 2 aromatic rings. The molecule has 1 amide bonds. The van der Waals surface area contributed by atoms with E-state index in [0.717, 1.165) is 0 Å². The van der Waals surface area contributed by atoms with Crippen molar-refractivity contribution in [2.24, 2.45) is 7.05 Å². The second kappa shape index (κ2) is 5.62. The minimum atomic E-state index is -0.435. The van der Waals surface area contributed by atoms with Crippen molar-refractivity contribution in [3.8, 4) is 0 Å². The van der Waals surface area contributed by atoms with Gasteiger partial charge in [-0.1, -0.05) is 6.92 Å². The third-order valence-electron chi connectivity index (χ3n) is 2.89. The van der Waals surface area contributed by atoms with Crippen molar-refractivity contribution in [1.29, 1.82) is 0 Å². The SMILES string of the molecule is CCc1nn(C)c(C(=O)Nc2cc(F)ccc2Br)c1N. The van der Waals surface area contributed by atoms with Gasteiger partial charge in [0.05, 0.1) is 17.1 Å². The molecular formula is C13H14BrFN4O. The molecule has 2 rings (SSSR count). The second-order valence-corrected chi connectivity index (χ2v) is 5.12. The van der Waals surface area contributed by atoms with Crippen LogP contribution in [0.25, 0.3) is 0 Å². The maximum Gasteiger partial charge on any atom is 0.276 e. The Morgan fingerprint density at radius 1 is 1.55 bits per heavy atom. The molecule has 0 bridgehead atoms. The molecule has 106 valence electrons. The maximum absolute atomic E-state index is 13.2. The Bertz CT molecular complexity index is 669. The van der Waals surface area contributed by atoms with E-state index in [1.807, 2.05) is 6.92 Å². The Balaban J connectivity index is 2.33. The van der Waals surface area contributed by atoms with Gasteiger partial charge < -0.3 is 11.1 Å². The molecular weight excluding hydrogens is 327 g/mol. The summed E-state index contributed by atoms with van der Waals surface area (Å²) in [6, 6.07) is 4.05. The van der Waals surface area contributed by atoms with Gasteiger partial charge in [0.2, 0.25) is 0 Å². The van der Waals surface area contributed by atoms with E-state index in [1.54, 1.807) is 7.05 Å². The Labute approximate surface area is 124 Å². The van der Waals surface area contributed by atoms with Crippen LogP contribution in [0.5, 0.6) is 0 Å². The van der Waals surface area contributed by atoms with Crippen molar-refractivity contribution >= 4 is 33.2 Å². The number of nitrogens with zero attached hydrogens (tertiary/aromatic N) is 2. The number of aryl methyl sites for hydroxylation is 2. The van der Waals surface area contributed by atoms with Gasteiger partial charge >= 0.3 is 0 Å². The zero-order valence-corrected chi connectivity index (χ0v) is 12.7. The van der Waals surface area contributed by atoms with Gasteiger partial charge in [-0.3, -0.25) is 9.48 Å². The van der Waals surface area contributed by atoms with Crippen molar-refractivity contribution < 1.29 is 9.18 Å². The molecule has 0 atom stereocenters. The number of hydrogen-bond acceptors (Lipinski definition) is 3. The summed E-state index contributed by atoms with van der Waals surface area (Å²) in [5.74, 6) is -0.862. The van der Waals surface area contributed by atoms with Crippen LogP contribution >= 0.6 is 15.9 Å². The Morgan fingerprint density at radius 3 is 2.85 bits per heavy atom. The zero-order valence-electron chi connectivity index (χ0n) is 11.1. The molecule has 0 saturated heterocycles.